The van der Waals surface area contributed by atoms with Gasteiger partial charge in [-0.1, -0.05) is 17.4 Å². The fourth-order valence-corrected chi connectivity index (χ4v) is 4.74. The summed E-state index contributed by atoms with van der Waals surface area (Å²) in [6, 6.07) is 6.67. The normalized spacial score (nSPS) is 16.9. The summed E-state index contributed by atoms with van der Waals surface area (Å²) in [4.78, 5) is 31.7. The molecule has 2 aromatic heterocycles. The van der Waals surface area contributed by atoms with E-state index in [2.05, 4.69) is 15.0 Å². The zero-order chi connectivity index (χ0) is 20.6. The monoisotopic (exact) mass is 441 g/mol. The molecular formula is C18H14F3N3O3S2. The van der Waals surface area contributed by atoms with Gasteiger partial charge >= 0.3 is 6.36 Å². The Morgan fingerprint density at radius 3 is 2.83 bits per heavy atom. The van der Waals surface area contributed by atoms with Crippen molar-refractivity contribution >= 4 is 49.8 Å². The molecule has 152 valence electrons. The van der Waals surface area contributed by atoms with Crippen LogP contribution in [0.25, 0.3) is 10.2 Å². The lowest BCUT2D eigenvalue weighted by Crippen LogP contribution is -2.42. The summed E-state index contributed by atoms with van der Waals surface area (Å²) in [5, 5.41) is 4.74. The van der Waals surface area contributed by atoms with E-state index in [1.807, 2.05) is 0 Å². The second kappa shape index (κ2) is 7.64. The number of thiophene rings is 1. The Labute approximate surface area is 170 Å². The maximum Gasteiger partial charge on any atom is 0.573 e. The Morgan fingerprint density at radius 1 is 1.28 bits per heavy atom. The van der Waals surface area contributed by atoms with Crippen LogP contribution in [-0.2, 0) is 4.79 Å². The number of alkyl halides is 3. The lowest BCUT2D eigenvalue weighted by atomic mass is 10.2. The van der Waals surface area contributed by atoms with E-state index in [4.69, 9.17) is 0 Å². The topological polar surface area (TPSA) is 71.5 Å². The van der Waals surface area contributed by atoms with Crippen molar-refractivity contribution in [1.29, 1.82) is 0 Å². The smallest absolute Gasteiger partial charge is 0.406 e. The lowest BCUT2D eigenvalue weighted by molar-refractivity contribution is -0.274. The molecule has 29 heavy (non-hydrogen) atoms. The minimum Gasteiger partial charge on any atom is -0.406 e. The molecule has 0 bridgehead atoms. The highest BCUT2D eigenvalue weighted by atomic mass is 32.1. The first-order chi connectivity index (χ1) is 13.8. The van der Waals surface area contributed by atoms with Crippen molar-refractivity contribution < 1.29 is 27.5 Å². The van der Waals surface area contributed by atoms with Crippen LogP contribution in [0.15, 0.2) is 35.7 Å². The number of anilines is 1. The summed E-state index contributed by atoms with van der Waals surface area (Å²) in [6.07, 6.45) is -3.53. The number of carbonyl (C=O) groups is 2. The lowest BCUT2D eigenvalue weighted by Gasteiger charge is -2.22. The molecule has 1 atom stereocenters. The molecule has 4 rings (SSSR count). The van der Waals surface area contributed by atoms with Crippen LogP contribution in [0.4, 0.5) is 18.3 Å². The molecule has 1 N–H and O–H groups in total. The molecule has 3 aromatic rings. The summed E-state index contributed by atoms with van der Waals surface area (Å²) in [6.45, 7) is 0.493. The summed E-state index contributed by atoms with van der Waals surface area (Å²) in [7, 11) is 0. The van der Waals surface area contributed by atoms with Gasteiger partial charge in [0.15, 0.2) is 5.13 Å². The Morgan fingerprint density at radius 2 is 2.10 bits per heavy atom. The van der Waals surface area contributed by atoms with Gasteiger partial charge in [0, 0.05) is 12.6 Å². The maximum absolute atomic E-state index is 12.7. The fourth-order valence-electron chi connectivity index (χ4n) is 3.17. The molecule has 1 aliphatic rings. The fraction of sp³-hybridized carbons (Fsp3) is 0.278. The number of nitrogens with zero attached hydrogens (tertiary/aromatic N) is 2. The highest BCUT2D eigenvalue weighted by Crippen LogP contribution is 2.32. The van der Waals surface area contributed by atoms with Crippen molar-refractivity contribution in [3.63, 3.8) is 0 Å². The number of nitrogens with one attached hydrogen (secondary N) is 1. The first kappa shape index (κ1) is 19.6. The van der Waals surface area contributed by atoms with Crippen LogP contribution in [0.2, 0.25) is 0 Å². The van der Waals surface area contributed by atoms with Crippen LogP contribution >= 0.6 is 22.7 Å². The number of likely N-dealkylation sites (tertiary alicyclic amines) is 1. The predicted octanol–water partition coefficient (Wildman–Crippen LogP) is 4.50. The van der Waals surface area contributed by atoms with Gasteiger partial charge in [-0.15, -0.1) is 24.5 Å². The van der Waals surface area contributed by atoms with E-state index in [1.165, 1.54) is 29.5 Å². The van der Waals surface area contributed by atoms with Gasteiger partial charge in [-0.05, 0) is 36.4 Å². The third-order valence-electron chi connectivity index (χ3n) is 4.37. The van der Waals surface area contributed by atoms with Crippen LogP contribution in [0.3, 0.4) is 0 Å². The minimum absolute atomic E-state index is 0.184. The number of fused-ring (bicyclic) bond motifs is 1. The molecule has 1 fully saturated rings. The number of halogens is 3. The predicted molar refractivity (Wildman–Crippen MR) is 103 cm³/mol. The summed E-state index contributed by atoms with van der Waals surface area (Å²) in [5.74, 6) is -0.899. The molecule has 0 saturated carbocycles. The van der Waals surface area contributed by atoms with Gasteiger partial charge in [0.05, 0.1) is 15.1 Å². The van der Waals surface area contributed by atoms with Crippen LogP contribution in [0.5, 0.6) is 5.75 Å². The number of rotatable bonds is 4. The number of carbonyl (C=O) groups excluding carboxylic acids is 2. The third-order valence-corrected chi connectivity index (χ3v) is 6.16. The molecule has 0 spiro atoms. The number of ether oxygens (including phenoxy) is 1. The van der Waals surface area contributed by atoms with E-state index in [-0.39, 0.29) is 22.7 Å². The molecule has 0 unspecified atom stereocenters. The van der Waals surface area contributed by atoms with E-state index >= 15 is 0 Å². The highest BCUT2D eigenvalue weighted by molar-refractivity contribution is 7.22. The number of hydrogen-bond donors (Lipinski definition) is 1. The largest absolute Gasteiger partial charge is 0.573 e. The molecule has 3 heterocycles. The third kappa shape index (κ3) is 4.35. The van der Waals surface area contributed by atoms with Crippen molar-refractivity contribution in [2.24, 2.45) is 0 Å². The van der Waals surface area contributed by atoms with Crippen LogP contribution in [0.1, 0.15) is 22.5 Å². The molecule has 2 amide bonds. The molecule has 1 aliphatic heterocycles. The number of aromatic nitrogens is 1. The molecular weight excluding hydrogens is 427 g/mol. The molecule has 1 saturated heterocycles. The number of hydrogen-bond acceptors (Lipinski definition) is 6. The number of thiazole rings is 1. The number of amides is 2. The van der Waals surface area contributed by atoms with Crippen molar-refractivity contribution in [2.45, 2.75) is 25.2 Å². The van der Waals surface area contributed by atoms with E-state index in [1.54, 1.807) is 22.4 Å². The molecule has 1 aromatic carbocycles. The summed E-state index contributed by atoms with van der Waals surface area (Å²) >= 11 is 2.36. The number of benzene rings is 1. The first-order valence-corrected chi connectivity index (χ1v) is 10.3. The Kier molecular flexibility index (Phi) is 5.17. The maximum atomic E-state index is 12.7. The summed E-state index contributed by atoms with van der Waals surface area (Å²) in [5.41, 5.74) is 0.442. The minimum atomic E-state index is -4.78. The zero-order valence-electron chi connectivity index (χ0n) is 14.7. The van der Waals surface area contributed by atoms with Gasteiger partial charge in [0.2, 0.25) is 5.91 Å². The van der Waals surface area contributed by atoms with Crippen LogP contribution in [-0.4, -0.2) is 40.6 Å². The van der Waals surface area contributed by atoms with Gasteiger partial charge < -0.3 is 15.0 Å². The van der Waals surface area contributed by atoms with E-state index < -0.39 is 12.4 Å². The van der Waals surface area contributed by atoms with Crippen LogP contribution in [0, 0.1) is 0 Å². The zero-order valence-corrected chi connectivity index (χ0v) is 16.4. The molecule has 0 aliphatic carbocycles. The summed E-state index contributed by atoms with van der Waals surface area (Å²) < 4.78 is 41.5. The van der Waals surface area contributed by atoms with E-state index in [0.29, 0.717) is 34.5 Å². The average Bonchev–Trinajstić information content (AvgIpc) is 3.39. The molecule has 6 nitrogen and oxygen atoms in total. The Bertz CT molecular complexity index is 1050. The van der Waals surface area contributed by atoms with Gasteiger partial charge in [-0.3, -0.25) is 9.59 Å². The standard InChI is InChI=1S/C18H14F3N3O3S2/c19-18(20,21)27-10-5-6-11-14(9-10)29-17(22-11)23-15(25)12-3-1-7-24(12)16(26)13-4-2-8-28-13/h2,4-6,8-9,12H,1,3,7H2,(H,22,23,25)/t12-/m0/s1. The van der Waals surface area contributed by atoms with Crippen molar-refractivity contribution in [3.8, 4) is 5.75 Å². The van der Waals surface area contributed by atoms with Crippen molar-refractivity contribution in [1.82, 2.24) is 9.88 Å². The molecule has 0 radical (unpaired) electrons. The molecule has 11 heteroatoms. The Hall–Kier alpha value is -2.66. The SMILES string of the molecule is O=C(Nc1nc2ccc(OC(F)(F)F)cc2s1)[C@@H]1CCCN1C(=O)c1cccs1. The highest BCUT2D eigenvalue weighted by Gasteiger charge is 2.35. The quantitative estimate of drug-likeness (QED) is 0.647. The van der Waals surface area contributed by atoms with Crippen molar-refractivity contribution in [2.75, 3.05) is 11.9 Å². The van der Waals surface area contributed by atoms with E-state index in [0.717, 1.165) is 11.3 Å². The van der Waals surface area contributed by atoms with Gasteiger partial charge in [-0.2, -0.15) is 0 Å². The second-order valence-corrected chi connectivity index (χ2v) is 8.30. The van der Waals surface area contributed by atoms with Crippen molar-refractivity contribution in [3.05, 3.63) is 40.6 Å². The van der Waals surface area contributed by atoms with Gasteiger partial charge in [0.1, 0.15) is 11.8 Å². The van der Waals surface area contributed by atoms with Crippen LogP contribution < -0.4 is 10.1 Å². The average molecular weight is 441 g/mol. The van der Waals surface area contributed by atoms with Gasteiger partial charge in [-0.25, -0.2) is 4.98 Å². The second-order valence-electron chi connectivity index (χ2n) is 6.32. The van der Waals surface area contributed by atoms with E-state index in [9.17, 15) is 22.8 Å². The first-order valence-electron chi connectivity index (χ1n) is 8.62. The van der Waals surface area contributed by atoms with Gasteiger partial charge in [0.25, 0.3) is 5.91 Å². The Balaban J connectivity index is 1.49.